The minimum absolute atomic E-state index is 0.0448. The highest BCUT2D eigenvalue weighted by molar-refractivity contribution is 5.79. The van der Waals surface area contributed by atoms with Crippen LogP contribution in [0.4, 0.5) is 0 Å². The monoisotopic (exact) mass is 392 g/mol. The van der Waals surface area contributed by atoms with Gasteiger partial charge in [-0.1, -0.05) is 36.4 Å². The van der Waals surface area contributed by atoms with Crippen LogP contribution in [0, 0.1) is 6.92 Å². The molecule has 0 spiro atoms. The van der Waals surface area contributed by atoms with Crippen molar-refractivity contribution >= 4 is 16.9 Å². The molecule has 0 bridgehead atoms. The fourth-order valence-electron chi connectivity index (χ4n) is 3.74. The van der Waals surface area contributed by atoms with Crippen LogP contribution in [0.15, 0.2) is 42.5 Å². The fraction of sp³-hybridized carbons (Fsp3) is 0.391. The van der Waals surface area contributed by atoms with Crippen LogP contribution in [-0.2, 0) is 29.0 Å². The van der Waals surface area contributed by atoms with E-state index in [1.54, 1.807) is 0 Å². The number of hydrogen-bond donors (Lipinski definition) is 2. The van der Waals surface area contributed by atoms with Gasteiger partial charge in [-0.3, -0.25) is 9.69 Å². The molecular formula is C23H28N4O2. The molecule has 1 amide bonds. The van der Waals surface area contributed by atoms with Crippen molar-refractivity contribution < 1.29 is 9.53 Å². The smallest absolute Gasteiger partial charge is 0.220 e. The summed E-state index contributed by atoms with van der Waals surface area (Å²) in [5.41, 5.74) is 5.60. The van der Waals surface area contributed by atoms with Crippen molar-refractivity contribution in [3.05, 3.63) is 65.0 Å². The van der Waals surface area contributed by atoms with Crippen LogP contribution in [0.1, 0.15) is 28.9 Å². The first-order chi connectivity index (χ1) is 14.2. The van der Waals surface area contributed by atoms with E-state index in [4.69, 9.17) is 4.74 Å². The Morgan fingerprint density at radius 3 is 2.72 bits per heavy atom. The molecule has 3 aromatic rings. The number of rotatable bonds is 7. The first-order valence-corrected chi connectivity index (χ1v) is 10.3. The van der Waals surface area contributed by atoms with Crippen molar-refractivity contribution in [1.82, 2.24) is 20.2 Å². The van der Waals surface area contributed by atoms with Gasteiger partial charge in [0.15, 0.2) is 0 Å². The Balaban J connectivity index is 1.30. The third kappa shape index (κ3) is 5.02. The Kier molecular flexibility index (Phi) is 6.22. The molecule has 2 N–H and O–H groups in total. The number of imidazole rings is 1. The van der Waals surface area contributed by atoms with Crippen molar-refractivity contribution in [3.8, 4) is 0 Å². The van der Waals surface area contributed by atoms with Crippen LogP contribution in [0.2, 0.25) is 0 Å². The zero-order valence-corrected chi connectivity index (χ0v) is 16.9. The summed E-state index contributed by atoms with van der Waals surface area (Å²) >= 11 is 0. The van der Waals surface area contributed by atoms with E-state index in [0.717, 1.165) is 55.3 Å². The summed E-state index contributed by atoms with van der Waals surface area (Å²) in [4.78, 5) is 22.7. The molecule has 1 fully saturated rings. The van der Waals surface area contributed by atoms with Crippen LogP contribution in [-0.4, -0.2) is 47.1 Å². The van der Waals surface area contributed by atoms with Gasteiger partial charge in [0.25, 0.3) is 0 Å². The zero-order valence-electron chi connectivity index (χ0n) is 16.9. The Hall–Kier alpha value is -2.70. The SMILES string of the molecule is Cc1cccc2[nH]c(CCC(=O)NCc3ccccc3CN3CCOCC3)nc12. The molecule has 2 heterocycles. The molecule has 6 heteroatoms. The maximum absolute atomic E-state index is 12.4. The highest BCUT2D eigenvalue weighted by Gasteiger charge is 2.13. The second-order valence-electron chi connectivity index (χ2n) is 7.59. The number of para-hydroxylation sites is 1. The quantitative estimate of drug-likeness (QED) is 0.649. The van der Waals surface area contributed by atoms with Crippen LogP contribution in [0.3, 0.4) is 0 Å². The third-order valence-electron chi connectivity index (χ3n) is 5.44. The van der Waals surface area contributed by atoms with E-state index in [1.807, 2.05) is 31.2 Å². The Morgan fingerprint density at radius 2 is 1.93 bits per heavy atom. The number of hydrogen-bond acceptors (Lipinski definition) is 4. The van der Waals surface area contributed by atoms with Gasteiger partial charge in [0.2, 0.25) is 5.91 Å². The van der Waals surface area contributed by atoms with Crippen LogP contribution < -0.4 is 5.32 Å². The van der Waals surface area contributed by atoms with E-state index < -0.39 is 0 Å². The summed E-state index contributed by atoms with van der Waals surface area (Å²) in [5, 5.41) is 3.07. The van der Waals surface area contributed by atoms with Crippen molar-refractivity contribution in [2.45, 2.75) is 32.9 Å². The Morgan fingerprint density at radius 1 is 1.14 bits per heavy atom. The highest BCUT2D eigenvalue weighted by atomic mass is 16.5. The third-order valence-corrected chi connectivity index (χ3v) is 5.44. The summed E-state index contributed by atoms with van der Waals surface area (Å²) in [6, 6.07) is 14.4. The number of ether oxygens (including phenoxy) is 1. The normalized spacial score (nSPS) is 14.9. The van der Waals surface area contributed by atoms with Crippen LogP contribution in [0.25, 0.3) is 11.0 Å². The number of H-pyrrole nitrogens is 1. The van der Waals surface area contributed by atoms with Crippen LogP contribution >= 0.6 is 0 Å². The highest BCUT2D eigenvalue weighted by Crippen LogP contribution is 2.16. The summed E-state index contributed by atoms with van der Waals surface area (Å²) in [6.45, 7) is 7.00. The first-order valence-electron chi connectivity index (χ1n) is 10.3. The molecule has 0 unspecified atom stereocenters. The number of aromatic amines is 1. The minimum atomic E-state index is 0.0448. The molecule has 0 atom stereocenters. The summed E-state index contributed by atoms with van der Waals surface area (Å²) in [7, 11) is 0. The predicted molar refractivity (Wildman–Crippen MR) is 114 cm³/mol. The number of benzene rings is 2. The van der Waals surface area contributed by atoms with Gasteiger partial charge in [-0.25, -0.2) is 4.98 Å². The average molecular weight is 393 g/mol. The number of aromatic nitrogens is 2. The lowest BCUT2D eigenvalue weighted by molar-refractivity contribution is -0.121. The van der Waals surface area contributed by atoms with Crippen molar-refractivity contribution in [2.75, 3.05) is 26.3 Å². The van der Waals surface area contributed by atoms with E-state index in [0.29, 0.717) is 19.4 Å². The molecule has 152 valence electrons. The van der Waals surface area contributed by atoms with Gasteiger partial charge in [-0.2, -0.15) is 0 Å². The van der Waals surface area contributed by atoms with Crippen molar-refractivity contribution in [3.63, 3.8) is 0 Å². The molecular weight excluding hydrogens is 364 g/mol. The summed E-state index contributed by atoms with van der Waals surface area (Å²) in [6.07, 6.45) is 1.03. The maximum atomic E-state index is 12.4. The molecule has 0 saturated carbocycles. The van der Waals surface area contributed by atoms with Crippen molar-refractivity contribution in [1.29, 1.82) is 0 Å². The molecule has 29 heavy (non-hydrogen) atoms. The molecule has 1 aromatic heterocycles. The fourth-order valence-corrected chi connectivity index (χ4v) is 3.74. The number of aryl methyl sites for hydroxylation is 2. The van der Waals surface area contributed by atoms with E-state index in [2.05, 4.69) is 38.4 Å². The Bertz CT molecular complexity index is 976. The van der Waals surface area contributed by atoms with Gasteiger partial charge in [-0.15, -0.1) is 0 Å². The molecule has 1 saturated heterocycles. The number of carbonyl (C=O) groups is 1. The number of carbonyl (C=O) groups excluding carboxylic acids is 1. The van der Waals surface area contributed by atoms with Crippen molar-refractivity contribution in [2.24, 2.45) is 0 Å². The van der Waals surface area contributed by atoms with E-state index in [-0.39, 0.29) is 5.91 Å². The lowest BCUT2D eigenvalue weighted by Crippen LogP contribution is -2.36. The predicted octanol–water partition coefficient (Wildman–Crippen LogP) is 2.95. The van der Waals surface area contributed by atoms with Gasteiger partial charge >= 0.3 is 0 Å². The maximum Gasteiger partial charge on any atom is 0.220 e. The number of nitrogens with zero attached hydrogens (tertiary/aromatic N) is 2. The second-order valence-corrected chi connectivity index (χ2v) is 7.59. The second kappa shape index (κ2) is 9.20. The van der Waals surface area contributed by atoms with Gasteiger partial charge in [-0.05, 0) is 29.7 Å². The molecule has 0 aliphatic carbocycles. The van der Waals surface area contributed by atoms with E-state index >= 15 is 0 Å². The largest absolute Gasteiger partial charge is 0.379 e. The average Bonchev–Trinajstić information content (AvgIpc) is 3.17. The van der Waals surface area contributed by atoms with Gasteiger partial charge in [0, 0.05) is 39.0 Å². The first kappa shape index (κ1) is 19.6. The molecule has 0 radical (unpaired) electrons. The summed E-state index contributed by atoms with van der Waals surface area (Å²) < 4.78 is 5.43. The molecule has 1 aliphatic heterocycles. The van der Waals surface area contributed by atoms with Gasteiger partial charge < -0.3 is 15.0 Å². The van der Waals surface area contributed by atoms with Gasteiger partial charge in [0.05, 0.1) is 24.2 Å². The minimum Gasteiger partial charge on any atom is -0.379 e. The summed E-state index contributed by atoms with van der Waals surface area (Å²) in [5.74, 6) is 0.903. The van der Waals surface area contributed by atoms with E-state index in [1.165, 1.54) is 11.1 Å². The van der Waals surface area contributed by atoms with Crippen LogP contribution in [0.5, 0.6) is 0 Å². The number of morpholine rings is 1. The lowest BCUT2D eigenvalue weighted by atomic mass is 10.1. The molecule has 1 aliphatic rings. The number of amides is 1. The van der Waals surface area contributed by atoms with Gasteiger partial charge in [0.1, 0.15) is 5.82 Å². The lowest BCUT2D eigenvalue weighted by Gasteiger charge is -2.27. The Labute approximate surface area is 171 Å². The topological polar surface area (TPSA) is 70.2 Å². The number of nitrogens with one attached hydrogen (secondary N) is 2. The zero-order chi connectivity index (χ0) is 20.1. The standard InChI is InChI=1S/C23H28N4O2/c1-17-5-4-8-20-23(17)26-21(25-20)9-10-22(28)24-15-18-6-2-3-7-19(18)16-27-11-13-29-14-12-27/h2-8H,9-16H2,1H3,(H,24,28)(H,25,26). The number of fused-ring (bicyclic) bond motifs is 1. The molecule has 4 rings (SSSR count). The molecule has 2 aromatic carbocycles. The van der Waals surface area contributed by atoms with E-state index in [9.17, 15) is 4.79 Å². The molecule has 6 nitrogen and oxygen atoms in total.